The van der Waals surface area contributed by atoms with Crippen LogP contribution in [0.2, 0.25) is 0 Å². The zero-order valence-corrected chi connectivity index (χ0v) is 9.84. The van der Waals surface area contributed by atoms with E-state index < -0.39 is 20.7 Å². The molecule has 2 atom stereocenters. The minimum atomic E-state index is -3.96. The summed E-state index contributed by atoms with van der Waals surface area (Å²) in [6.45, 7) is 2.82. The van der Waals surface area contributed by atoms with Gasteiger partial charge in [-0.3, -0.25) is 4.79 Å². The smallest absolute Gasteiger partial charge is 0.324 e. The van der Waals surface area contributed by atoms with Crippen LogP contribution in [-0.2, 0) is 18.8 Å². The molecule has 0 N–H and O–H groups in total. The summed E-state index contributed by atoms with van der Waals surface area (Å²) < 4.78 is 28.6. The molecule has 2 unspecified atom stereocenters. The minimum absolute atomic E-state index is 0.00234. The first-order valence-electron chi connectivity index (χ1n) is 4.73. The van der Waals surface area contributed by atoms with Gasteiger partial charge in [-0.1, -0.05) is 6.92 Å². The molecule has 5 nitrogen and oxygen atoms in total. The van der Waals surface area contributed by atoms with Crippen molar-refractivity contribution in [1.82, 2.24) is 4.31 Å². The van der Waals surface area contributed by atoms with Gasteiger partial charge in [0, 0.05) is 23.2 Å². The van der Waals surface area contributed by atoms with E-state index in [1.54, 1.807) is 0 Å². The molecule has 2 rings (SSSR count). The molecule has 0 aromatic carbocycles. The highest BCUT2D eigenvalue weighted by Gasteiger charge is 2.59. The predicted octanol–water partition coefficient (Wildman–Crippen LogP) is 0.498. The number of amides is 1. The van der Waals surface area contributed by atoms with E-state index in [4.69, 9.17) is 15.4 Å². The van der Waals surface area contributed by atoms with Crippen LogP contribution in [0.5, 0.6) is 0 Å². The second-order valence-electron chi connectivity index (χ2n) is 4.11. The topological polar surface area (TPSA) is 63.7 Å². The fourth-order valence-corrected chi connectivity index (χ4v) is 4.10. The van der Waals surface area contributed by atoms with E-state index in [1.807, 2.05) is 6.92 Å². The van der Waals surface area contributed by atoms with Crippen LogP contribution in [0.25, 0.3) is 0 Å². The Hall–Kier alpha value is -0.330. The van der Waals surface area contributed by atoms with Crippen molar-refractivity contribution in [1.29, 1.82) is 0 Å². The molecule has 2 heterocycles. The molecule has 86 valence electrons. The molecule has 0 saturated carbocycles. The van der Waals surface area contributed by atoms with Crippen LogP contribution in [0.3, 0.4) is 0 Å². The Kier molecular flexibility index (Phi) is 2.48. The van der Waals surface area contributed by atoms with Gasteiger partial charge in [0.05, 0.1) is 18.6 Å². The highest BCUT2D eigenvalue weighted by atomic mass is 35.7. The Balaban J connectivity index is 2.33. The SMILES string of the molecule is CC1COCCC12CC(=O)N2S(=O)(=O)Cl. The van der Waals surface area contributed by atoms with Crippen molar-refractivity contribution in [2.75, 3.05) is 13.2 Å². The summed E-state index contributed by atoms with van der Waals surface area (Å²) >= 11 is 0. The van der Waals surface area contributed by atoms with E-state index in [-0.39, 0.29) is 12.3 Å². The van der Waals surface area contributed by atoms with E-state index in [0.717, 1.165) is 4.31 Å². The number of hydrogen-bond acceptors (Lipinski definition) is 4. The first-order chi connectivity index (χ1) is 6.88. The lowest BCUT2D eigenvalue weighted by Gasteiger charge is -2.54. The molecule has 0 bridgehead atoms. The number of carbonyl (C=O) groups excluding carboxylic acids is 1. The zero-order chi connectivity index (χ0) is 11.3. The van der Waals surface area contributed by atoms with Crippen LogP contribution in [0.1, 0.15) is 19.8 Å². The second-order valence-corrected chi connectivity index (χ2v) is 6.47. The van der Waals surface area contributed by atoms with Gasteiger partial charge in [0.15, 0.2) is 0 Å². The Morgan fingerprint density at radius 2 is 2.27 bits per heavy atom. The lowest BCUT2D eigenvalue weighted by Crippen LogP contribution is -2.69. The number of halogens is 1. The first-order valence-corrected chi connectivity index (χ1v) is 7.00. The number of nitrogens with zero attached hydrogens (tertiary/aromatic N) is 1. The lowest BCUT2D eigenvalue weighted by atomic mass is 9.73. The van der Waals surface area contributed by atoms with Crippen LogP contribution in [-0.4, -0.2) is 37.4 Å². The van der Waals surface area contributed by atoms with E-state index in [2.05, 4.69) is 0 Å². The molecule has 0 radical (unpaired) electrons. The fourth-order valence-electron chi connectivity index (χ4n) is 2.38. The minimum Gasteiger partial charge on any atom is -0.381 e. The van der Waals surface area contributed by atoms with Crippen molar-refractivity contribution < 1.29 is 17.9 Å². The Labute approximate surface area is 92.9 Å². The summed E-state index contributed by atoms with van der Waals surface area (Å²) in [4.78, 5) is 11.3. The monoisotopic (exact) mass is 253 g/mol. The highest BCUT2D eigenvalue weighted by molar-refractivity contribution is 8.12. The predicted molar refractivity (Wildman–Crippen MR) is 53.6 cm³/mol. The standard InChI is InChI=1S/C8H12ClNO4S/c1-6-5-14-3-2-8(6)4-7(11)10(8)15(9,12)13/h6H,2-5H2,1H3. The van der Waals surface area contributed by atoms with E-state index in [1.165, 1.54) is 0 Å². The second kappa shape index (κ2) is 3.33. The molecule has 0 aliphatic carbocycles. The number of carbonyl (C=O) groups is 1. The molecule has 1 amide bonds. The third-order valence-corrected chi connectivity index (χ3v) is 4.69. The normalized spacial score (nSPS) is 36.8. The van der Waals surface area contributed by atoms with Crippen molar-refractivity contribution in [3.05, 3.63) is 0 Å². The largest absolute Gasteiger partial charge is 0.381 e. The third-order valence-electron chi connectivity index (χ3n) is 3.27. The van der Waals surface area contributed by atoms with Gasteiger partial charge in [-0.05, 0) is 6.42 Å². The van der Waals surface area contributed by atoms with Gasteiger partial charge >= 0.3 is 9.24 Å². The van der Waals surface area contributed by atoms with Crippen LogP contribution in [0.15, 0.2) is 0 Å². The molecule has 0 aromatic heterocycles. The molecule has 1 spiro atoms. The van der Waals surface area contributed by atoms with Gasteiger partial charge < -0.3 is 4.74 Å². The van der Waals surface area contributed by atoms with Crippen LogP contribution >= 0.6 is 10.7 Å². The molecule has 7 heteroatoms. The van der Waals surface area contributed by atoms with Crippen LogP contribution in [0, 0.1) is 5.92 Å². The van der Waals surface area contributed by atoms with Gasteiger partial charge in [0.2, 0.25) is 5.91 Å². The maximum atomic E-state index is 11.3. The van der Waals surface area contributed by atoms with E-state index >= 15 is 0 Å². The van der Waals surface area contributed by atoms with Crippen LogP contribution in [0.4, 0.5) is 0 Å². The number of hydrogen-bond donors (Lipinski definition) is 0. The molecule has 2 fully saturated rings. The van der Waals surface area contributed by atoms with Gasteiger partial charge in [0.1, 0.15) is 0 Å². The van der Waals surface area contributed by atoms with Crippen molar-refractivity contribution in [3.63, 3.8) is 0 Å². The van der Waals surface area contributed by atoms with Crippen molar-refractivity contribution >= 4 is 25.8 Å². The van der Waals surface area contributed by atoms with Crippen LogP contribution < -0.4 is 0 Å². The summed E-state index contributed by atoms with van der Waals surface area (Å²) in [5.74, 6) is -0.420. The lowest BCUT2D eigenvalue weighted by molar-refractivity contribution is -0.159. The summed E-state index contributed by atoms with van der Waals surface area (Å²) in [6.07, 6.45) is 0.787. The first kappa shape index (κ1) is 11.2. The van der Waals surface area contributed by atoms with Gasteiger partial charge in [-0.15, -0.1) is 0 Å². The molecule has 0 aromatic rings. The van der Waals surface area contributed by atoms with Gasteiger partial charge in [-0.25, -0.2) is 4.31 Å². The third kappa shape index (κ3) is 1.55. The summed E-state index contributed by atoms with van der Waals surface area (Å²) in [5.41, 5.74) is -0.629. The Bertz CT molecular complexity index is 395. The summed E-state index contributed by atoms with van der Waals surface area (Å²) in [5, 5.41) is 0. The summed E-state index contributed by atoms with van der Waals surface area (Å²) in [6, 6.07) is 0. The number of β-lactam (4-membered cyclic amide) rings is 1. The molecular weight excluding hydrogens is 242 g/mol. The highest BCUT2D eigenvalue weighted by Crippen LogP contribution is 2.46. The maximum Gasteiger partial charge on any atom is 0.324 e. The Morgan fingerprint density at radius 3 is 2.73 bits per heavy atom. The average Bonchev–Trinajstić information content (AvgIpc) is 2.04. The maximum absolute atomic E-state index is 11.3. The fraction of sp³-hybridized carbons (Fsp3) is 0.875. The van der Waals surface area contributed by atoms with Crippen molar-refractivity contribution in [2.24, 2.45) is 5.92 Å². The number of ether oxygens (including phenoxy) is 1. The average molecular weight is 254 g/mol. The van der Waals surface area contributed by atoms with Crippen molar-refractivity contribution in [2.45, 2.75) is 25.3 Å². The Morgan fingerprint density at radius 1 is 1.60 bits per heavy atom. The molecule has 2 saturated heterocycles. The van der Waals surface area contributed by atoms with Gasteiger partial charge in [-0.2, -0.15) is 8.42 Å². The zero-order valence-electron chi connectivity index (χ0n) is 8.27. The van der Waals surface area contributed by atoms with E-state index in [9.17, 15) is 13.2 Å². The van der Waals surface area contributed by atoms with Crippen molar-refractivity contribution in [3.8, 4) is 0 Å². The molecule has 2 aliphatic heterocycles. The van der Waals surface area contributed by atoms with E-state index in [0.29, 0.717) is 19.6 Å². The summed E-state index contributed by atoms with van der Waals surface area (Å²) in [7, 11) is 1.30. The number of rotatable bonds is 1. The molecule has 15 heavy (non-hydrogen) atoms. The molecular formula is C8H12ClNO4S. The molecule has 2 aliphatic rings. The van der Waals surface area contributed by atoms with Gasteiger partial charge in [0.25, 0.3) is 0 Å². The quantitative estimate of drug-likeness (QED) is 0.504.